The van der Waals surface area contributed by atoms with Gasteiger partial charge < -0.3 is 14.5 Å². The zero-order valence-corrected chi connectivity index (χ0v) is 16.9. The fraction of sp³-hybridized carbons (Fsp3) is 0.591. The molecule has 1 atom stereocenters. The summed E-state index contributed by atoms with van der Waals surface area (Å²) in [5.74, 6) is -1.19. The van der Waals surface area contributed by atoms with Crippen LogP contribution in [0.15, 0.2) is 18.2 Å². The molecule has 2 aliphatic heterocycles. The Hall–Kier alpha value is -2.37. The third-order valence-corrected chi connectivity index (χ3v) is 5.87. The van der Waals surface area contributed by atoms with Crippen molar-refractivity contribution < 1.29 is 19.1 Å². The monoisotopic (exact) mass is 386 g/mol. The predicted molar refractivity (Wildman–Crippen MR) is 107 cm³/mol. The van der Waals surface area contributed by atoms with Gasteiger partial charge in [0, 0.05) is 31.7 Å². The van der Waals surface area contributed by atoms with E-state index in [4.69, 9.17) is 4.74 Å². The van der Waals surface area contributed by atoms with Gasteiger partial charge >= 0.3 is 5.97 Å². The molecule has 0 spiro atoms. The molecule has 0 unspecified atom stereocenters. The number of carbonyl (C=O) groups is 3. The second kappa shape index (κ2) is 9.22. The van der Waals surface area contributed by atoms with Crippen molar-refractivity contribution in [2.45, 2.75) is 52.4 Å². The molecular weight excluding hydrogens is 356 g/mol. The summed E-state index contributed by atoms with van der Waals surface area (Å²) in [5, 5.41) is 0. The van der Waals surface area contributed by atoms with E-state index in [0.29, 0.717) is 6.54 Å². The van der Waals surface area contributed by atoms with Crippen LogP contribution in [0.5, 0.6) is 0 Å². The van der Waals surface area contributed by atoms with Crippen LogP contribution < -0.4 is 4.90 Å². The SMILES string of the molecule is Cc1cccc(N2C[C@H](C(=O)OCC(=O)N3CCCCCCC3)CC2=O)c1C. The quantitative estimate of drug-likeness (QED) is 0.746. The van der Waals surface area contributed by atoms with Gasteiger partial charge in [0.05, 0.1) is 5.92 Å². The Morgan fingerprint density at radius 2 is 1.75 bits per heavy atom. The third kappa shape index (κ3) is 4.72. The molecule has 2 heterocycles. The van der Waals surface area contributed by atoms with Crippen LogP contribution >= 0.6 is 0 Å². The van der Waals surface area contributed by atoms with Crippen LogP contribution in [0.25, 0.3) is 0 Å². The number of ether oxygens (including phenoxy) is 1. The molecule has 1 aromatic rings. The van der Waals surface area contributed by atoms with Crippen molar-refractivity contribution >= 4 is 23.5 Å². The summed E-state index contributed by atoms with van der Waals surface area (Å²) in [7, 11) is 0. The molecule has 28 heavy (non-hydrogen) atoms. The number of esters is 1. The van der Waals surface area contributed by atoms with Crippen LogP contribution in [-0.2, 0) is 19.1 Å². The molecule has 0 N–H and O–H groups in total. The van der Waals surface area contributed by atoms with Gasteiger partial charge in [0.25, 0.3) is 5.91 Å². The smallest absolute Gasteiger partial charge is 0.311 e. The first-order chi connectivity index (χ1) is 13.5. The van der Waals surface area contributed by atoms with Crippen LogP contribution in [0.3, 0.4) is 0 Å². The number of amides is 2. The molecule has 0 radical (unpaired) electrons. The molecule has 6 heteroatoms. The maximum Gasteiger partial charge on any atom is 0.311 e. The van der Waals surface area contributed by atoms with Crippen molar-refractivity contribution in [3.63, 3.8) is 0 Å². The molecule has 2 aliphatic rings. The number of likely N-dealkylation sites (tertiary alicyclic amines) is 1. The molecule has 0 saturated carbocycles. The molecular formula is C22H30N2O4. The highest BCUT2D eigenvalue weighted by Crippen LogP contribution is 2.29. The van der Waals surface area contributed by atoms with Crippen molar-refractivity contribution in [3.8, 4) is 0 Å². The summed E-state index contributed by atoms with van der Waals surface area (Å²) in [4.78, 5) is 40.8. The fourth-order valence-corrected chi connectivity index (χ4v) is 3.97. The number of nitrogens with zero attached hydrogens (tertiary/aromatic N) is 2. The molecule has 2 amide bonds. The molecule has 152 valence electrons. The van der Waals surface area contributed by atoms with E-state index in [0.717, 1.165) is 55.6 Å². The van der Waals surface area contributed by atoms with Crippen LogP contribution in [-0.4, -0.2) is 48.9 Å². The van der Waals surface area contributed by atoms with E-state index in [2.05, 4.69) is 0 Å². The second-order valence-corrected chi connectivity index (χ2v) is 7.88. The average Bonchev–Trinajstić information content (AvgIpc) is 3.03. The molecule has 1 aromatic carbocycles. The van der Waals surface area contributed by atoms with E-state index < -0.39 is 11.9 Å². The third-order valence-electron chi connectivity index (χ3n) is 5.87. The van der Waals surface area contributed by atoms with Crippen LogP contribution in [0.1, 0.15) is 49.7 Å². The molecule has 2 saturated heterocycles. The first kappa shape index (κ1) is 20.4. The summed E-state index contributed by atoms with van der Waals surface area (Å²) in [6.07, 6.45) is 5.64. The maximum atomic E-state index is 12.5. The van der Waals surface area contributed by atoms with Crippen LogP contribution in [0.2, 0.25) is 0 Å². The lowest BCUT2D eigenvalue weighted by Crippen LogP contribution is -2.37. The zero-order chi connectivity index (χ0) is 20.1. The van der Waals surface area contributed by atoms with Gasteiger partial charge in [-0.1, -0.05) is 31.4 Å². The van der Waals surface area contributed by atoms with E-state index in [-0.39, 0.29) is 24.8 Å². The lowest BCUT2D eigenvalue weighted by molar-refractivity contribution is -0.155. The minimum absolute atomic E-state index is 0.0780. The van der Waals surface area contributed by atoms with Crippen molar-refractivity contribution in [2.75, 3.05) is 31.1 Å². The number of carbonyl (C=O) groups excluding carboxylic acids is 3. The van der Waals surface area contributed by atoms with Crippen molar-refractivity contribution in [1.82, 2.24) is 4.90 Å². The number of anilines is 1. The number of hydrogen-bond acceptors (Lipinski definition) is 4. The van der Waals surface area contributed by atoms with Crippen LogP contribution in [0.4, 0.5) is 5.69 Å². The topological polar surface area (TPSA) is 66.9 Å². The van der Waals surface area contributed by atoms with E-state index >= 15 is 0 Å². The number of hydrogen-bond donors (Lipinski definition) is 0. The van der Waals surface area contributed by atoms with Gasteiger partial charge in [-0.15, -0.1) is 0 Å². The zero-order valence-electron chi connectivity index (χ0n) is 16.9. The molecule has 0 bridgehead atoms. The summed E-state index contributed by atoms with van der Waals surface area (Å²) in [6.45, 7) is 5.53. The van der Waals surface area contributed by atoms with E-state index in [1.165, 1.54) is 6.42 Å². The first-order valence-electron chi connectivity index (χ1n) is 10.3. The molecule has 0 aromatic heterocycles. The Balaban J connectivity index is 1.54. The van der Waals surface area contributed by atoms with Gasteiger partial charge in [0.15, 0.2) is 6.61 Å². The van der Waals surface area contributed by atoms with Gasteiger partial charge in [-0.3, -0.25) is 14.4 Å². The van der Waals surface area contributed by atoms with Gasteiger partial charge in [-0.25, -0.2) is 0 Å². The van der Waals surface area contributed by atoms with Gasteiger partial charge in [-0.05, 0) is 43.9 Å². The summed E-state index contributed by atoms with van der Waals surface area (Å²) in [5.41, 5.74) is 2.99. The minimum atomic E-state index is -0.521. The molecule has 0 aliphatic carbocycles. The highest BCUT2D eigenvalue weighted by atomic mass is 16.5. The Bertz CT molecular complexity index is 738. The van der Waals surface area contributed by atoms with Gasteiger partial charge in [0.2, 0.25) is 5.91 Å². The average molecular weight is 386 g/mol. The van der Waals surface area contributed by atoms with E-state index in [1.807, 2.05) is 32.0 Å². The standard InChI is InChI=1S/C22H30N2O4/c1-16-9-8-10-19(17(16)2)24-14-18(13-20(24)25)22(27)28-15-21(26)23-11-6-4-3-5-7-12-23/h8-10,18H,3-7,11-15H2,1-2H3/t18-/m1/s1. The van der Waals surface area contributed by atoms with Gasteiger partial charge in [-0.2, -0.15) is 0 Å². The van der Waals surface area contributed by atoms with Gasteiger partial charge in [0.1, 0.15) is 0 Å². The maximum absolute atomic E-state index is 12.5. The summed E-state index contributed by atoms with van der Waals surface area (Å²) >= 11 is 0. The Morgan fingerprint density at radius 3 is 2.46 bits per heavy atom. The minimum Gasteiger partial charge on any atom is -0.455 e. The second-order valence-electron chi connectivity index (χ2n) is 7.88. The normalized spacial score (nSPS) is 20.6. The van der Waals surface area contributed by atoms with Crippen molar-refractivity contribution in [3.05, 3.63) is 29.3 Å². The number of benzene rings is 1. The summed E-state index contributed by atoms with van der Waals surface area (Å²) in [6, 6.07) is 5.82. The highest BCUT2D eigenvalue weighted by molar-refractivity contribution is 6.00. The summed E-state index contributed by atoms with van der Waals surface area (Å²) < 4.78 is 5.29. The Kier molecular flexibility index (Phi) is 6.70. The largest absolute Gasteiger partial charge is 0.455 e. The van der Waals surface area contributed by atoms with Crippen LogP contribution in [0, 0.1) is 19.8 Å². The Morgan fingerprint density at radius 1 is 1.07 bits per heavy atom. The van der Waals surface area contributed by atoms with Crippen molar-refractivity contribution in [2.24, 2.45) is 5.92 Å². The van der Waals surface area contributed by atoms with E-state index in [1.54, 1.807) is 9.80 Å². The van der Waals surface area contributed by atoms with Crippen molar-refractivity contribution in [1.29, 1.82) is 0 Å². The fourth-order valence-electron chi connectivity index (χ4n) is 3.97. The number of rotatable bonds is 4. The van der Waals surface area contributed by atoms with E-state index in [9.17, 15) is 14.4 Å². The predicted octanol–water partition coefficient (Wildman–Crippen LogP) is 2.99. The molecule has 2 fully saturated rings. The molecule has 6 nitrogen and oxygen atoms in total. The highest BCUT2D eigenvalue weighted by Gasteiger charge is 2.37. The first-order valence-corrected chi connectivity index (χ1v) is 10.3. The molecule has 3 rings (SSSR count). The Labute approximate surface area is 166 Å². The lowest BCUT2D eigenvalue weighted by atomic mass is 10.1. The lowest BCUT2D eigenvalue weighted by Gasteiger charge is -2.24. The number of aryl methyl sites for hydroxylation is 1.